The number of rotatable bonds is 5. The first-order valence-electron chi connectivity index (χ1n) is 11.3. The van der Waals surface area contributed by atoms with Gasteiger partial charge < -0.3 is 15.0 Å². The van der Waals surface area contributed by atoms with Gasteiger partial charge in [0.05, 0.1) is 18.5 Å². The van der Waals surface area contributed by atoms with Crippen LogP contribution in [-0.4, -0.2) is 42.1 Å². The van der Waals surface area contributed by atoms with E-state index in [1.54, 1.807) is 7.11 Å². The maximum absolute atomic E-state index is 12.8. The van der Waals surface area contributed by atoms with Crippen LogP contribution in [0.3, 0.4) is 0 Å². The molecular weight excluding hydrogens is 424 g/mol. The number of carbonyl (C=O) groups is 1. The van der Waals surface area contributed by atoms with Gasteiger partial charge in [-0.25, -0.2) is 4.98 Å². The number of hydrogen-bond acceptors (Lipinski definition) is 6. The first-order chi connectivity index (χ1) is 15.6. The molecule has 0 spiro atoms. The van der Waals surface area contributed by atoms with Crippen molar-refractivity contribution >= 4 is 33.4 Å². The van der Waals surface area contributed by atoms with E-state index in [9.17, 15) is 9.59 Å². The molecular formula is C24H28N4O3S. The molecule has 0 radical (unpaired) electrons. The number of anilines is 1. The molecule has 1 aliphatic heterocycles. The molecule has 2 aliphatic rings. The summed E-state index contributed by atoms with van der Waals surface area (Å²) in [5, 5.41) is 5.20. The Balaban J connectivity index is 1.42. The van der Waals surface area contributed by atoms with Crippen LogP contribution in [0.4, 0.5) is 5.95 Å². The molecule has 0 bridgehead atoms. The van der Waals surface area contributed by atoms with Crippen LogP contribution >= 0.6 is 11.3 Å². The van der Waals surface area contributed by atoms with E-state index in [0.717, 1.165) is 49.1 Å². The molecule has 5 rings (SSSR count). The number of ether oxygens (including phenoxy) is 1. The normalized spacial score (nSPS) is 19.4. The molecule has 8 heteroatoms. The number of piperidine rings is 1. The van der Waals surface area contributed by atoms with E-state index in [2.05, 4.69) is 15.2 Å². The predicted octanol–water partition coefficient (Wildman–Crippen LogP) is 3.94. The second kappa shape index (κ2) is 8.94. The van der Waals surface area contributed by atoms with Crippen molar-refractivity contribution in [2.75, 3.05) is 25.1 Å². The number of methoxy groups -OCH3 is 1. The summed E-state index contributed by atoms with van der Waals surface area (Å²) < 4.78 is 5.97. The van der Waals surface area contributed by atoms with Crippen LogP contribution in [0.2, 0.25) is 0 Å². The minimum absolute atomic E-state index is 0.0781. The lowest BCUT2D eigenvalue weighted by atomic mass is 9.97. The first kappa shape index (κ1) is 21.0. The third-order valence-corrected chi connectivity index (χ3v) is 7.56. The maximum Gasteiger partial charge on any atom is 0.270 e. The van der Waals surface area contributed by atoms with Crippen LogP contribution < -0.4 is 20.5 Å². The zero-order valence-corrected chi connectivity index (χ0v) is 19.0. The van der Waals surface area contributed by atoms with E-state index in [0.29, 0.717) is 28.8 Å². The number of hydrogen-bond donors (Lipinski definition) is 2. The Hall–Kier alpha value is -2.87. The summed E-state index contributed by atoms with van der Waals surface area (Å²) in [5.41, 5.74) is 2.44. The fourth-order valence-electron chi connectivity index (χ4n) is 4.83. The second-order valence-corrected chi connectivity index (χ2v) is 9.60. The highest BCUT2D eigenvalue weighted by atomic mass is 32.1. The highest BCUT2D eigenvalue weighted by molar-refractivity contribution is 7.17. The van der Waals surface area contributed by atoms with Gasteiger partial charge in [-0.15, -0.1) is 11.3 Å². The van der Waals surface area contributed by atoms with Gasteiger partial charge in [-0.1, -0.05) is 25.0 Å². The molecule has 3 heterocycles. The molecule has 32 heavy (non-hydrogen) atoms. The zero-order chi connectivity index (χ0) is 22.1. The number of nitrogens with zero attached hydrogens (tertiary/aromatic N) is 2. The van der Waals surface area contributed by atoms with Crippen LogP contribution in [0.15, 0.2) is 34.4 Å². The van der Waals surface area contributed by atoms with Crippen LogP contribution in [0.25, 0.3) is 21.3 Å². The van der Waals surface area contributed by atoms with Gasteiger partial charge in [0.1, 0.15) is 10.4 Å². The third-order valence-electron chi connectivity index (χ3n) is 6.59. The fraction of sp³-hybridized carbons (Fsp3) is 0.458. The molecule has 1 aromatic carbocycles. The van der Waals surface area contributed by atoms with Gasteiger partial charge in [-0.3, -0.25) is 14.6 Å². The largest absolute Gasteiger partial charge is 0.497 e. The molecule has 168 valence electrons. The maximum atomic E-state index is 12.8. The van der Waals surface area contributed by atoms with Crippen molar-refractivity contribution in [2.45, 2.75) is 44.6 Å². The average Bonchev–Trinajstić information content (AvgIpc) is 3.49. The number of amides is 1. The highest BCUT2D eigenvalue weighted by Gasteiger charge is 2.29. The molecule has 1 saturated heterocycles. The van der Waals surface area contributed by atoms with Gasteiger partial charge in [0.25, 0.3) is 5.56 Å². The Bertz CT molecular complexity index is 1180. The van der Waals surface area contributed by atoms with Gasteiger partial charge >= 0.3 is 0 Å². The summed E-state index contributed by atoms with van der Waals surface area (Å²) in [6.07, 6.45) is 6.33. The summed E-state index contributed by atoms with van der Waals surface area (Å²) in [4.78, 5) is 35.5. The van der Waals surface area contributed by atoms with Crippen molar-refractivity contribution in [3.8, 4) is 16.9 Å². The van der Waals surface area contributed by atoms with E-state index in [1.807, 2.05) is 29.6 Å². The molecule has 2 fully saturated rings. The van der Waals surface area contributed by atoms with Crippen molar-refractivity contribution in [3.63, 3.8) is 0 Å². The Morgan fingerprint density at radius 1 is 1.25 bits per heavy atom. The van der Waals surface area contributed by atoms with E-state index in [4.69, 9.17) is 9.72 Å². The highest BCUT2D eigenvalue weighted by Crippen LogP contribution is 2.33. The summed E-state index contributed by atoms with van der Waals surface area (Å²) >= 11 is 1.40. The van der Waals surface area contributed by atoms with Crippen LogP contribution in [0.1, 0.15) is 38.5 Å². The number of thiophene rings is 1. The minimum Gasteiger partial charge on any atom is -0.497 e. The quantitative estimate of drug-likeness (QED) is 0.612. The molecule has 1 amide bonds. The monoisotopic (exact) mass is 452 g/mol. The lowest BCUT2D eigenvalue weighted by Gasteiger charge is -2.33. The summed E-state index contributed by atoms with van der Waals surface area (Å²) in [6, 6.07) is 8.10. The lowest BCUT2D eigenvalue weighted by molar-refractivity contribution is -0.125. The molecule has 7 nitrogen and oxygen atoms in total. The summed E-state index contributed by atoms with van der Waals surface area (Å²) in [5.74, 6) is 1.37. The van der Waals surface area contributed by atoms with E-state index in [-0.39, 0.29) is 17.4 Å². The van der Waals surface area contributed by atoms with Crippen molar-refractivity contribution in [2.24, 2.45) is 5.92 Å². The molecule has 1 atom stereocenters. The smallest absolute Gasteiger partial charge is 0.270 e. The Kier molecular flexibility index (Phi) is 5.87. The van der Waals surface area contributed by atoms with E-state index in [1.165, 1.54) is 24.2 Å². The molecule has 1 aliphatic carbocycles. The summed E-state index contributed by atoms with van der Waals surface area (Å²) in [6.45, 7) is 1.35. The number of aromatic amines is 1. The average molecular weight is 453 g/mol. The van der Waals surface area contributed by atoms with Crippen LogP contribution in [-0.2, 0) is 4.79 Å². The Morgan fingerprint density at radius 2 is 2.09 bits per heavy atom. The van der Waals surface area contributed by atoms with E-state index >= 15 is 0 Å². The van der Waals surface area contributed by atoms with Crippen molar-refractivity contribution in [1.29, 1.82) is 0 Å². The van der Waals surface area contributed by atoms with E-state index < -0.39 is 0 Å². The molecule has 2 aromatic heterocycles. The third kappa shape index (κ3) is 4.11. The molecule has 3 aromatic rings. The van der Waals surface area contributed by atoms with Crippen molar-refractivity contribution < 1.29 is 9.53 Å². The van der Waals surface area contributed by atoms with Crippen molar-refractivity contribution in [1.82, 2.24) is 15.3 Å². The van der Waals surface area contributed by atoms with Crippen molar-refractivity contribution in [3.05, 3.63) is 40.0 Å². The van der Waals surface area contributed by atoms with Gasteiger partial charge in [-0.2, -0.15) is 0 Å². The van der Waals surface area contributed by atoms with Gasteiger partial charge in [0, 0.05) is 30.1 Å². The summed E-state index contributed by atoms with van der Waals surface area (Å²) in [7, 11) is 1.64. The van der Waals surface area contributed by atoms with Gasteiger partial charge in [0.2, 0.25) is 11.9 Å². The SMILES string of the molecule is COc1cccc(-c2csc3c(=O)[nH]c(N4CCC[C@H](C(=O)NC5CCCC5)C4)nc23)c1. The first-order valence-corrected chi connectivity index (χ1v) is 12.2. The fourth-order valence-corrected chi connectivity index (χ4v) is 5.74. The number of carbonyl (C=O) groups excluding carboxylic acids is 1. The zero-order valence-electron chi connectivity index (χ0n) is 18.2. The number of fused-ring (bicyclic) bond motifs is 1. The molecule has 2 N–H and O–H groups in total. The van der Waals surface area contributed by atoms with Crippen LogP contribution in [0.5, 0.6) is 5.75 Å². The standard InChI is InChI=1S/C24H28N4O3S/c1-31-18-10-4-6-15(12-18)19-14-32-21-20(19)26-24(27-23(21)30)28-11-5-7-16(13-28)22(29)25-17-8-2-3-9-17/h4,6,10,12,14,16-17H,2-3,5,7-9,11,13H2,1H3,(H,25,29)(H,26,27,30)/t16-/m0/s1. The minimum atomic E-state index is -0.137. The predicted molar refractivity (Wildman–Crippen MR) is 128 cm³/mol. The number of aromatic nitrogens is 2. The second-order valence-electron chi connectivity index (χ2n) is 8.72. The number of benzene rings is 1. The van der Waals surface area contributed by atoms with Crippen LogP contribution in [0, 0.1) is 5.92 Å². The van der Waals surface area contributed by atoms with Gasteiger partial charge in [-0.05, 0) is 43.4 Å². The Morgan fingerprint density at radius 3 is 2.91 bits per heavy atom. The van der Waals surface area contributed by atoms with Gasteiger partial charge in [0.15, 0.2) is 0 Å². The number of nitrogens with one attached hydrogen (secondary N) is 2. The topological polar surface area (TPSA) is 87.3 Å². The lowest BCUT2D eigenvalue weighted by Crippen LogP contribution is -2.46. The molecule has 1 saturated carbocycles. The Labute approximate surface area is 190 Å². The molecule has 0 unspecified atom stereocenters. The number of H-pyrrole nitrogens is 1.